The summed E-state index contributed by atoms with van der Waals surface area (Å²) in [6.07, 6.45) is 1.69. The summed E-state index contributed by atoms with van der Waals surface area (Å²) in [6, 6.07) is 9.80. The van der Waals surface area contributed by atoms with Gasteiger partial charge in [0.1, 0.15) is 5.82 Å². The van der Waals surface area contributed by atoms with Crippen LogP contribution in [0.25, 0.3) is 0 Å². The standard InChI is InChI=1S/C14H16ClN3/c1-10-7-14(17-8-13(10)16)18(2)9-11-5-3-4-6-12(11)15/h3-8H,9,16H2,1-2H3. The molecule has 1 aromatic carbocycles. The van der Waals surface area contributed by atoms with Gasteiger partial charge in [0.15, 0.2) is 0 Å². The highest BCUT2D eigenvalue weighted by atomic mass is 35.5. The smallest absolute Gasteiger partial charge is 0.128 e. The molecule has 0 amide bonds. The van der Waals surface area contributed by atoms with Gasteiger partial charge in [0.25, 0.3) is 0 Å². The normalized spacial score (nSPS) is 10.4. The van der Waals surface area contributed by atoms with Crippen molar-refractivity contribution in [3.63, 3.8) is 0 Å². The zero-order valence-electron chi connectivity index (χ0n) is 10.5. The second kappa shape index (κ2) is 5.27. The summed E-state index contributed by atoms with van der Waals surface area (Å²) < 4.78 is 0. The molecule has 0 fully saturated rings. The average Bonchev–Trinajstić information content (AvgIpc) is 2.35. The van der Waals surface area contributed by atoms with Gasteiger partial charge in [0, 0.05) is 18.6 Å². The number of hydrogen-bond acceptors (Lipinski definition) is 3. The topological polar surface area (TPSA) is 42.2 Å². The van der Waals surface area contributed by atoms with Crippen molar-refractivity contribution in [3.05, 3.63) is 52.7 Å². The second-order valence-corrected chi connectivity index (χ2v) is 4.75. The van der Waals surface area contributed by atoms with Crippen LogP contribution in [0.3, 0.4) is 0 Å². The fraction of sp³-hybridized carbons (Fsp3) is 0.214. The van der Waals surface area contributed by atoms with Gasteiger partial charge in [0.2, 0.25) is 0 Å². The number of aryl methyl sites for hydroxylation is 1. The van der Waals surface area contributed by atoms with E-state index in [2.05, 4.69) is 4.98 Å². The van der Waals surface area contributed by atoms with E-state index in [4.69, 9.17) is 17.3 Å². The number of anilines is 2. The van der Waals surface area contributed by atoms with Gasteiger partial charge in [-0.1, -0.05) is 29.8 Å². The van der Waals surface area contributed by atoms with Gasteiger partial charge in [0.05, 0.1) is 11.9 Å². The zero-order valence-corrected chi connectivity index (χ0v) is 11.3. The molecule has 3 nitrogen and oxygen atoms in total. The highest BCUT2D eigenvalue weighted by molar-refractivity contribution is 6.31. The maximum Gasteiger partial charge on any atom is 0.128 e. The van der Waals surface area contributed by atoms with E-state index in [1.165, 1.54) is 0 Å². The molecule has 2 aromatic rings. The molecule has 18 heavy (non-hydrogen) atoms. The molecule has 0 bridgehead atoms. The number of nitrogen functional groups attached to an aromatic ring is 1. The minimum absolute atomic E-state index is 0.713. The van der Waals surface area contributed by atoms with E-state index in [9.17, 15) is 0 Å². The molecule has 94 valence electrons. The Labute approximate surface area is 112 Å². The zero-order chi connectivity index (χ0) is 13.1. The Kier molecular flexibility index (Phi) is 3.72. The highest BCUT2D eigenvalue weighted by Crippen LogP contribution is 2.21. The van der Waals surface area contributed by atoms with Crippen molar-refractivity contribution in [1.29, 1.82) is 0 Å². The van der Waals surface area contributed by atoms with Crippen LogP contribution in [0.4, 0.5) is 11.5 Å². The number of aromatic nitrogens is 1. The molecular formula is C14H16ClN3. The average molecular weight is 262 g/mol. The predicted octanol–water partition coefficient (Wildman–Crippen LogP) is 3.26. The maximum atomic E-state index is 6.15. The van der Waals surface area contributed by atoms with Crippen molar-refractivity contribution in [3.8, 4) is 0 Å². The Morgan fingerprint density at radius 3 is 2.72 bits per heavy atom. The molecule has 0 spiro atoms. The molecule has 0 unspecified atom stereocenters. The third-order valence-electron chi connectivity index (χ3n) is 2.89. The van der Waals surface area contributed by atoms with Crippen molar-refractivity contribution >= 4 is 23.1 Å². The minimum atomic E-state index is 0.713. The molecular weight excluding hydrogens is 246 g/mol. The maximum absolute atomic E-state index is 6.15. The number of rotatable bonds is 3. The van der Waals surface area contributed by atoms with E-state index in [0.717, 1.165) is 28.5 Å². The third-order valence-corrected chi connectivity index (χ3v) is 3.26. The first-order valence-corrected chi connectivity index (χ1v) is 6.12. The molecule has 1 heterocycles. The number of halogens is 1. The number of pyridine rings is 1. The van der Waals surface area contributed by atoms with Gasteiger partial charge in [-0.2, -0.15) is 0 Å². The van der Waals surface area contributed by atoms with Crippen LogP contribution in [0, 0.1) is 6.92 Å². The van der Waals surface area contributed by atoms with Crippen LogP contribution in [-0.4, -0.2) is 12.0 Å². The first-order chi connectivity index (χ1) is 8.58. The molecule has 0 aliphatic heterocycles. The molecule has 0 aliphatic rings. The Balaban J connectivity index is 2.19. The van der Waals surface area contributed by atoms with Crippen LogP contribution in [0.1, 0.15) is 11.1 Å². The number of hydrogen-bond donors (Lipinski definition) is 1. The van der Waals surface area contributed by atoms with Crippen molar-refractivity contribution in [2.45, 2.75) is 13.5 Å². The summed E-state index contributed by atoms with van der Waals surface area (Å²) in [7, 11) is 1.99. The van der Waals surface area contributed by atoms with E-state index in [1.54, 1.807) is 6.20 Å². The lowest BCUT2D eigenvalue weighted by atomic mass is 10.2. The summed E-state index contributed by atoms with van der Waals surface area (Å²) >= 11 is 6.15. The first-order valence-electron chi connectivity index (χ1n) is 5.74. The lowest BCUT2D eigenvalue weighted by Gasteiger charge is -2.19. The molecule has 2 rings (SSSR count). The second-order valence-electron chi connectivity index (χ2n) is 4.35. The van der Waals surface area contributed by atoms with Crippen LogP contribution >= 0.6 is 11.6 Å². The molecule has 0 atom stereocenters. The third kappa shape index (κ3) is 2.74. The van der Waals surface area contributed by atoms with E-state index < -0.39 is 0 Å². The van der Waals surface area contributed by atoms with Crippen LogP contribution in [-0.2, 0) is 6.54 Å². The van der Waals surface area contributed by atoms with E-state index in [-0.39, 0.29) is 0 Å². The molecule has 2 N–H and O–H groups in total. The monoisotopic (exact) mass is 261 g/mol. The van der Waals surface area contributed by atoms with Gasteiger partial charge in [-0.3, -0.25) is 0 Å². The van der Waals surface area contributed by atoms with Crippen molar-refractivity contribution in [1.82, 2.24) is 4.98 Å². The minimum Gasteiger partial charge on any atom is -0.397 e. The van der Waals surface area contributed by atoms with Crippen LogP contribution in [0.2, 0.25) is 5.02 Å². The lowest BCUT2D eigenvalue weighted by molar-refractivity contribution is 0.897. The van der Waals surface area contributed by atoms with Crippen LogP contribution in [0.5, 0.6) is 0 Å². The fourth-order valence-corrected chi connectivity index (χ4v) is 1.92. The summed E-state index contributed by atoms with van der Waals surface area (Å²) in [5.74, 6) is 0.890. The summed E-state index contributed by atoms with van der Waals surface area (Å²) in [4.78, 5) is 6.37. The molecule has 0 aliphatic carbocycles. The van der Waals surface area contributed by atoms with E-state index in [1.807, 2.05) is 49.2 Å². The molecule has 4 heteroatoms. The molecule has 0 radical (unpaired) electrons. The SMILES string of the molecule is Cc1cc(N(C)Cc2ccccc2Cl)ncc1N. The predicted molar refractivity (Wildman–Crippen MR) is 76.9 cm³/mol. The molecule has 0 saturated carbocycles. The Hall–Kier alpha value is -1.74. The Morgan fingerprint density at radius 1 is 1.33 bits per heavy atom. The summed E-state index contributed by atoms with van der Waals surface area (Å²) in [5, 5.41) is 0.775. The van der Waals surface area contributed by atoms with Gasteiger partial charge in [-0.25, -0.2) is 4.98 Å². The number of nitrogens with zero attached hydrogens (tertiary/aromatic N) is 2. The Bertz CT molecular complexity index is 554. The van der Waals surface area contributed by atoms with Crippen LogP contribution in [0.15, 0.2) is 36.5 Å². The number of benzene rings is 1. The molecule has 1 aromatic heterocycles. The van der Waals surface area contributed by atoms with E-state index >= 15 is 0 Å². The van der Waals surface area contributed by atoms with Crippen molar-refractivity contribution < 1.29 is 0 Å². The number of nitrogens with two attached hydrogens (primary N) is 1. The van der Waals surface area contributed by atoms with Crippen molar-refractivity contribution in [2.24, 2.45) is 0 Å². The van der Waals surface area contributed by atoms with Crippen LogP contribution < -0.4 is 10.6 Å². The van der Waals surface area contributed by atoms with Gasteiger partial charge < -0.3 is 10.6 Å². The summed E-state index contributed by atoms with van der Waals surface area (Å²) in [5.41, 5.74) is 8.59. The summed E-state index contributed by atoms with van der Waals surface area (Å²) in [6.45, 7) is 2.69. The lowest BCUT2D eigenvalue weighted by Crippen LogP contribution is -2.18. The largest absolute Gasteiger partial charge is 0.397 e. The fourth-order valence-electron chi connectivity index (χ4n) is 1.72. The quantitative estimate of drug-likeness (QED) is 0.922. The van der Waals surface area contributed by atoms with Gasteiger partial charge >= 0.3 is 0 Å². The highest BCUT2D eigenvalue weighted by Gasteiger charge is 2.07. The van der Waals surface area contributed by atoms with Gasteiger partial charge in [-0.05, 0) is 30.2 Å². The Morgan fingerprint density at radius 2 is 2.06 bits per heavy atom. The molecule has 0 saturated heterocycles. The van der Waals surface area contributed by atoms with Gasteiger partial charge in [-0.15, -0.1) is 0 Å². The van der Waals surface area contributed by atoms with Crippen molar-refractivity contribution in [2.75, 3.05) is 17.7 Å². The first kappa shape index (κ1) is 12.7. The van der Waals surface area contributed by atoms with E-state index in [0.29, 0.717) is 5.69 Å².